The van der Waals surface area contributed by atoms with Gasteiger partial charge in [0.25, 0.3) is 0 Å². The van der Waals surface area contributed by atoms with Crippen LogP contribution in [-0.2, 0) is 19.1 Å². The number of carboxylic acid groups (broad SMARTS) is 1. The second-order valence-corrected chi connectivity index (χ2v) is 9.02. The first-order valence-electron chi connectivity index (χ1n) is 11.6. The lowest BCUT2D eigenvalue weighted by molar-refractivity contribution is -0.149. The van der Waals surface area contributed by atoms with Gasteiger partial charge in [-0.15, -0.1) is 0 Å². The minimum Gasteiger partial charge on any atom is -0.479 e. The topological polar surface area (TPSA) is 114 Å². The molecule has 1 aliphatic carbocycles. The molecule has 2 aromatic carbocycles. The molecule has 0 bridgehead atoms. The summed E-state index contributed by atoms with van der Waals surface area (Å²) < 4.78 is 10.8. The van der Waals surface area contributed by atoms with Crippen molar-refractivity contribution in [3.8, 4) is 11.1 Å². The molecular weight excluding hydrogens is 436 g/mol. The second-order valence-electron chi connectivity index (χ2n) is 9.02. The van der Waals surface area contributed by atoms with Gasteiger partial charge in [0.15, 0.2) is 6.10 Å². The maximum Gasteiger partial charge on any atom is 0.408 e. The van der Waals surface area contributed by atoms with E-state index in [-0.39, 0.29) is 30.9 Å². The fraction of sp³-hybridized carbons (Fsp3) is 0.423. The molecule has 2 amide bonds. The van der Waals surface area contributed by atoms with Crippen molar-refractivity contribution in [2.75, 3.05) is 19.8 Å². The van der Waals surface area contributed by atoms with E-state index in [4.69, 9.17) is 9.47 Å². The van der Waals surface area contributed by atoms with Crippen molar-refractivity contribution >= 4 is 18.0 Å². The third kappa shape index (κ3) is 4.63. The van der Waals surface area contributed by atoms with Crippen LogP contribution in [0.3, 0.4) is 0 Å². The number of ether oxygens (including phenoxy) is 2. The molecular formula is C26H30N2O6. The molecule has 180 valence electrons. The highest BCUT2D eigenvalue weighted by molar-refractivity contribution is 5.89. The SMILES string of the molecule is CCC(C)(NC(=O)OCC1c2ccccc2-c2ccccc21)C(=O)NC[C@H]1CCO[C@H]1C(=O)O. The van der Waals surface area contributed by atoms with Crippen molar-refractivity contribution < 1.29 is 29.0 Å². The summed E-state index contributed by atoms with van der Waals surface area (Å²) in [6, 6.07) is 16.2. The molecule has 3 atom stereocenters. The van der Waals surface area contributed by atoms with Gasteiger partial charge in [-0.25, -0.2) is 9.59 Å². The van der Waals surface area contributed by atoms with Crippen LogP contribution in [-0.4, -0.2) is 54.5 Å². The van der Waals surface area contributed by atoms with E-state index in [1.165, 1.54) is 0 Å². The van der Waals surface area contributed by atoms with Gasteiger partial charge in [0.05, 0.1) is 0 Å². The van der Waals surface area contributed by atoms with Gasteiger partial charge in [-0.1, -0.05) is 55.5 Å². The molecule has 1 fully saturated rings. The van der Waals surface area contributed by atoms with Crippen molar-refractivity contribution in [2.24, 2.45) is 5.92 Å². The number of carboxylic acids is 1. The van der Waals surface area contributed by atoms with Gasteiger partial charge in [-0.2, -0.15) is 0 Å². The Bertz CT molecular complexity index is 1040. The predicted molar refractivity (Wildman–Crippen MR) is 125 cm³/mol. The third-order valence-electron chi connectivity index (χ3n) is 6.91. The zero-order valence-electron chi connectivity index (χ0n) is 19.4. The Morgan fingerprint density at radius 2 is 1.71 bits per heavy atom. The summed E-state index contributed by atoms with van der Waals surface area (Å²) in [6.45, 7) is 4.09. The van der Waals surface area contributed by atoms with Gasteiger partial charge in [-0.3, -0.25) is 4.79 Å². The average molecular weight is 467 g/mol. The summed E-state index contributed by atoms with van der Waals surface area (Å²) in [7, 11) is 0. The van der Waals surface area contributed by atoms with Crippen LogP contribution in [0.5, 0.6) is 0 Å². The van der Waals surface area contributed by atoms with Crippen molar-refractivity contribution in [1.82, 2.24) is 10.6 Å². The number of rotatable bonds is 8. The molecule has 8 heteroatoms. The van der Waals surface area contributed by atoms with Crippen LogP contribution < -0.4 is 10.6 Å². The molecule has 34 heavy (non-hydrogen) atoms. The number of hydrogen-bond acceptors (Lipinski definition) is 5. The number of hydrogen-bond donors (Lipinski definition) is 3. The number of aliphatic carboxylic acids is 1. The predicted octanol–water partition coefficient (Wildman–Crippen LogP) is 3.30. The summed E-state index contributed by atoms with van der Waals surface area (Å²) in [5.74, 6) is -1.81. The summed E-state index contributed by atoms with van der Waals surface area (Å²) in [4.78, 5) is 36.9. The number of fused-ring (bicyclic) bond motifs is 3. The smallest absolute Gasteiger partial charge is 0.408 e. The molecule has 0 saturated carbocycles. The minimum atomic E-state index is -1.19. The van der Waals surface area contributed by atoms with Crippen LogP contribution in [0.15, 0.2) is 48.5 Å². The van der Waals surface area contributed by atoms with Gasteiger partial charge in [-0.05, 0) is 42.0 Å². The van der Waals surface area contributed by atoms with Crippen molar-refractivity contribution in [2.45, 2.75) is 44.2 Å². The number of amides is 2. The lowest BCUT2D eigenvalue weighted by atomic mass is 9.96. The monoisotopic (exact) mass is 466 g/mol. The lowest BCUT2D eigenvalue weighted by Gasteiger charge is -2.29. The normalized spacial score (nSPS) is 20.6. The Kier molecular flexibility index (Phi) is 6.88. The summed E-state index contributed by atoms with van der Waals surface area (Å²) in [5, 5.41) is 14.7. The van der Waals surface area contributed by atoms with Crippen LogP contribution >= 0.6 is 0 Å². The first-order valence-corrected chi connectivity index (χ1v) is 11.6. The summed E-state index contributed by atoms with van der Waals surface area (Å²) in [6.07, 6.45) is -0.704. The minimum absolute atomic E-state index is 0.0739. The number of nitrogens with one attached hydrogen (secondary N) is 2. The molecule has 1 heterocycles. The molecule has 2 aliphatic rings. The highest BCUT2D eigenvalue weighted by Gasteiger charge is 2.38. The Hall–Kier alpha value is -3.39. The number of carbonyl (C=O) groups is 3. The standard InChI is InChI=1S/C26H30N2O6/c1-3-26(2,24(31)27-14-16-12-13-33-22(16)23(29)30)28-25(32)34-15-21-19-10-6-4-8-17(19)18-9-5-7-11-20(18)21/h4-11,16,21-22H,3,12-15H2,1-2H3,(H,27,31)(H,28,32)(H,29,30)/t16-,22-,26?/m1/s1. The molecule has 0 spiro atoms. The first-order chi connectivity index (χ1) is 16.3. The second kappa shape index (κ2) is 9.85. The Morgan fingerprint density at radius 1 is 1.09 bits per heavy atom. The van der Waals surface area contributed by atoms with Crippen molar-refractivity contribution in [3.63, 3.8) is 0 Å². The molecule has 1 saturated heterocycles. The van der Waals surface area contributed by atoms with Gasteiger partial charge < -0.3 is 25.2 Å². The van der Waals surface area contributed by atoms with E-state index in [0.717, 1.165) is 22.3 Å². The largest absolute Gasteiger partial charge is 0.479 e. The zero-order chi connectivity index (χ0) is 24.3. The number of benzene rings is 2. The zero-order valence-corrected chi connectivity index (χ0v) is 19.4. The van der Waals surface area contributed by atoms with Gasteiger partial charge in [0, 0.05) is 25.0 Å². The van der Waals surface area contributed by atoms with Crippen molar-refractivity contribution in [3.05, 3.63) is 59.7 Å². The van der Waals surface area contributed by atoms with E-state index in [1.807, 2.05) is 36.4 Å². The van der Waals surface area contributed by atoms with Gasteiger partial charge >= 0.3 is 12.1 Å². The van der Waals surface area contributed by atoms with Crippen molar-refractivity contribution in [1.29, 1.82) is 0 Å². The summed E-state index contributed by atoms with van der Waals surface area (Å²) >= 11 is 0. The molecule has 0 aromatic heterocycles. The molecule has 0 radical (unpaired) electrons. The van der Waals surface area contributed by atoms with Crippen LogP contribution in [0.4, 0.5) is 4.79 Å². The Morgan fingerprint density at radius 3 is 2.29 bits per heavy atom. The van der Waals surface area contributed by atoms with Crippen LogP contribution in [0, 0.1) is 5.92 Å². The fourth-order valence-corrected chi connectivity index (χ4v) is 4.70. The average Bonchev–Trinajstić information content (AvgIpc) is 3.44. The third-order valence-corrected chi connectivity index (χ3v) is 6.91. The lowest BCUT2D eigenvalue weighted by Crippen LogP contribution is -2.57. The van der Waals surface area contributed by atoms with E-state index in [9.17, 15) is 19.5 Å². The molecule has 1 unspecified atom stereocenters. The number of carbonyl (C=O) groups excluding carboxylic acids is 2. The quantitative estimate of drug-likeness (QED) is 0.550. The van der Waals surface area contributed by atoms with Crippen LogP contribution in [0.25, 0.3) is 11.1 Å². The van der Waals surface area contributed by atoms with E-state index < -0.39 is 23.7 Å². The fourth-order valence-electron chi connectivity index (χ4n) is 4.70. The van der Waals surface area contributed by atoms with E-state index in [2.05, 4.69) is 22.8 Å². The van der Waals surface area contributed by atoms with E-state index in [0.29, 0.717) is 19.4 Å². The molecule has 4 rings (SSSR count). The number of alkyl carbamates (subject to hydrolysis) is 1. The maximum absolute atomic E-state index is 12.9. The maximum atomic E-state index is 12.9. The van der Waals surface area contributed by atoms with E-state index in [1.54, 1.807) is 13.8 Å². The molecule has 1 aliphatic heterocycles. The highest BCUT2D eigenvalue weighted by atomic mass is 16.5. The van der Waals surface area contributed by atoms with Gasteiger partial charge in [0.2, 0.25) is 5.91 Å². The van der Waals surface area contributed by atoms with Crippen LogP contribution in [0.2, 0.25) is 0 Å². The summed E-state index contributed by atoms with van der Waals surface area (Å²) in [5.41, 5.74) is 3.31. The Labute approximate surface area is 198 Å². The molecule has 2 aromatic rings. The van der Waals surface area contributed by atoms with Gasteiger partial charge in [0.1, 0.15) is 12.1 Å². The highest BCUT2D eigenvalue weighted by Crippen LogP contribution is 2.44. The van der Waals surface area contributed by atoms with E-state index >= 15 is 0 Å². The first kappa shape index (κ1) is 23.8. The van der Waals surface area contributed by atoms with Crippen LogP contribution in [0.1, 0.15) is 43.7 Å². The molecule has 3 N–H and O–H groups in total. The Balaban J connectivity index is 1.36. The molecule has 8 nitrogen and oxygen atoms in total.